The van der Waals surface area contributed by atoms with Crippen LogP contribution in [0.2, 0.25) is 0 Å². The summed E-state index contributed by atoms with van der Waals surface area (Å²) in [6.45, 7) is 2.33. The Labute approximate surface area is 113 Å². The SMILES string of the molecule is C[C@H]1CC[C@@H](C(N)=O)CN1C(=O)c1ccc(Br)o1. The van der Waals surface area contributed by atoms with Gasteiger partial charge >= 0.3 is 0 Å². The minimum absolute atomic E-state index is 0.0944. The van der Waals surface area contributed by atoms with Crippen LogP contribution in [0.15, 0.2) is 21.2 Å². The lowest BCUT2D eigenvalue weighted by Crippen LogP contribution is -2.48. The monoisotopic (exact) mass is 314 g/mol. The van der Waals surface area contributed by atoms with Crippen molar-refractivity contribution >= 4 is 27.7 Å². The molecule has 6 heteroatoms. The Balaban J connectivity index is 2.15. The van der Waals surface area contributed by atoms with Gasteiger partial charge in [-0.1, -0.05) is 0 Å². The van der Waals surface area contributed by atoms with Crippen LogP contribution in [0.25, 0.3) is 0 Å². The van der Waals surface area contributed by atoms with E-state index in [0.717, 1.165) is 12.8 Å². The number of amides is 2. The molecule has 1 aliphatic heterocycles. The maximum atomic E-state index is 12.3. The molecule has 18 heavy (non-hydrogen) atoms. The summed E-state index contributed by atoms with van der Waals surface area (Å²) in [5.41, 5.74) is 5.31. The molecule has 0 saturated carbocycles. The van der Waals surface area contributed by atoms with Gasteiger partial charge in [0.15, 0.2) is 10.4 Å². The minimum atomic E-state index is -0.347. The smallest absolute Gasteiger partial charge is 0.289 e. The summed E-state index contributed by atoms with van der Waals surface area (Å²) in [4.78, 5) is 25.1. The Kier molecular flexibility index (Phi) is 3.75. The third-order valence-corrected chi connectivity index (χ3v) is 3.76. The molecular weight excluding hydrogens is 300 g/mol. The van der Waals surface area contributed by atoms with E-state index in [0.29, 0.717) is 11.2 Å². The molecule has 1 aromatic rings. The van der Waals surface area contributed by atoms with Gasteiger partial charge in [0, 0.05) is 12.6 Å². The molecule has 98 valence electrons. The molecular formula is C12H15BrN2O3. The predicted octanol–water partition coefficient (Wildman–Crippen LogP) is 1.77. The number of piperidine rings is 1. The fraction of sp³-hybridized carbons (Fsp3) is 0.500. The third-order valence-electron chi connectivity index (χ3n) is 3.33. The fourth-order valence-electron chi connectivity index (χ4n) is 2.19. The van der Waals surface area contributed by atoms with E-state index in [9.17, 15) is 9.59 Å². The maximum Gasteiger partial charge on any atom is 0.289 e. The van der Waals surface area contributed by atoms with E-state index in [1.54, 1.807) is 17.0 Å². The van der Waals surface area contributed by atoms with E-state index >= 15 is 0 Å². The molecule has 2 heterocycles. The Morgan fingerprint density at radius 3 is 2.72 bits per heavy atom. The number of rotatable bonds is 2. The molecule has 1 aromatic heterocycles. The van der Waals surface area contributed by atoms with Crippen molar-refractivity contribution in [3.63, 3.8) is 0 Å². The van der Waals surface area contributed by atoms with Crippen LogP contribution in [0.3, 0.4) is 0 Å². The summed E-state index contributed by atoms with van der Waals surface area (Å²) in [5.74, 6) is -0.526. The molecule has 0 aliphatic carbocycles. The van der Waals surface area contributed by atoms with Gasteiger partial charge in [-0.25, -0.2) is 0 Å². The lowest BCUT2D eigenvalue weighted by atomic mass is 9.93. The highest BCUT2D eigenvalue weighted by Crippen LogP contribution is 2.24. The van der Waals surface area contributed by atoms with Crippen molar-refractivity contribution in [1.82, 2.24) is 4.90 Å². The van der Waals surface area contributed by atoms with Crippen molar-refractivity contribution in [1.29, 1.82) is 0 Å². The lowest BCUT2D eigenvalue weighted by Gasteiger charge is -2.36. The maximum absolute atomic E-state index is 12.3. The van der Waals surface area contributed by atoms with Crippen LogP contribution in [0.4, 0.5) is 0 Å². The highest BCUT2D eigenvalue weighted by atomic mass is 79.9. The summed E-state index contributed by atoms with van der Waals surface area (Å²) in [6, 6.07) is 3.39. The number of halogens is 1. The average molecular weight is 315 g/mol. The quantitative estimate of drug-likeness (QED) is 0.903. The molecule has 2 amide bonds. The second-order valence-electron chi connectivity index (χ2n) is 4.59. The van der Waals surface area contributed by atoms with Crippen molar-refractivity contribution in [3.8, 4) is 0 Å². The molecule has 0 aromatic carbocycles. The van der Waals surface area contributed by atoms with E-state index in [4.69, 9.17) is 10.2 Å². The number of hydrogen-bond acceptors (Lipinski definition) is 3. The predicted molar refractivity (Wildman–Crippen MR) is 68.8 cm³/mol. The zero-order valence-corrected chi connectivity index (χ0v) is 11.6. The van der Waals surface area contributed by atoms with Crippen molar-refractivity contribution in [2.75, 3.05) is 6.54 Å². The topological polar surface area (TPSA) is 76.5 Å². The number of hydrogen-bond donors (Lipinski definition) is 1. The minimum Gasteiger partial charge on any atom is -0.444 e. The van der Waals surface area contributed by atoms with E-state index in [-0.39, 0.29) is 29.5 Å². The second-order valence-corrected chi connectivity index (χ2v) is 5.37. The summed E-state index contributed by atoms with van der Waals surface area (Å²) >= 11 is 3.16. The van der Waals surface area contributed by atoms with E-state index in [1.807, 2.05) is 6.92 Å². The molecule has 1 aliphatic rings. The summed E-state index contributed by atoms with van der Waals surface area (Å²) in [6.07, 6.45) is 1.52. The number of likely N-dealkylation sites (tertiary alicyclic amines) is 1. The second kappa shape index (κ2) is 5.14. The van der Waals surface area contributed by atoms with E-state index in [1.165, 1.54) is 0 Å². The zero-order valence-electron chi connectivity index (χ0n) is 10.1. The van der Waals surface area contributed by atoms with Crippen molar-refractivity contribution < 1.29 is 14.0 Å². The Morgan fingerprint density at radius 1 is 1.44 bits per heavy atom. The van der Waals surface area contributed by atoms with Gasteiger partial charge in [-0.15, -0.1) is 0 Å². The number of carbonyl (C=O) groups excluding carboxylic acids is 2. The van der Waals surface area contributed by atoms with E-state index in [2.05, 4.69) is 15.9 Å². The van der Waals surface area contributed by atoms with Crippen LogP contribution in [-0.2, 0) is 4.79 Å². The molecule has 2 rings (SSSR count). The summed E-state index contributed by atoms with van der Waals surface area (Å²) in [7, 11) is 0. The van der Waals surface area contributed by atoms with Gasteiger partial charge in [0.25, 0.3) is 5.91 Å². The van der Waals surface area contributed by atoms with Gasteiger partial charge in [0.05, 0.1) is 5.92 Å². The van der Waals surface area contributed by atoms with E-state index < -0.39 is 0 Å². The first-order chi connectivity index (χ1) is 8.49. The molecule has 0 radical (unpaired) electrons. The Hall–Kier alpha value is -1.30. The number of furan rings is 1. The molecule has 1 saturated heterocycles. The van der Waals surface area contributed by atoms with Crippen molar-refractivity contribution in [2.24, 2.45) is 11.7 Å². The Morgan fingerprint density at radius 2 is 2.17 bits per heavy atom. The molecule has 5 nitrogen and oxygen atoms in total. The van der Waals surface area contributed by atoms with Gasteiger partial charge in [0.2, 0.25) is 5.91 Å². The van der Waals surface area contributed by atoms with Crippen molar-refractivity contribution in [2.45, 2.75) is 25.8 Å². The molecule has 0 unspecified atom stereocenters. The van der Waals surface area contributed by atoms with Gasteiger partial charge in [-0.3, -0.25) is 9.59 Å². The number of nitrogens with zero attached hydrogens (tertiary/aromatic N) is 1. The lowest BCUT2D eigenvalue weighted by molar-refractivity contribution is -0.123. The third kappa shape index (κ3) is 2.58. The standard InChI is InChI=1S/C12H15BrN2O3/c1-7-2-3-8(11(14)16)6-15(7)12(17)9-4-5-10(13)18-9/h4-5,7-8H,2-3,6H2,1H3,(H2,14,16)/t7-,8+/m0/s1. The van der Waals surface area contributed by atoms with Crippen LogP contribution in [0, 0.1) is 5.92 Å². The summed E-state index contributed by atoms with van der Waals surface area (Å²) < 4.78 is 5.77. The highest BCUT2D eigenvalue weighted by molar-refractivity contribution is 9.10. The Bertz CT molecular complexity index is 472. The van der Waals surface area contributed by atoms with Crippen LogP contribution in [0.1, 0.15) is 30.3 Å². The largest absolute Gasteiger partial charge is 0.444 e. The number of nitrogens with two attached hydrogens (primary N) is 1. The number of primary amides is 1. The first-order valence-corrected chi connectivity index (χ1v) is 6.64. The number of carbonyl (C=O) groups is 2. The van der Waals surface area contributed by atoms with Gasteiger partial charge in [-0.05, 0) is 47.8 Å². The molecule has 0 spiro atoms. The molecule has 2 atom stereocenters. The van der Waals surface area contributed by atoms with Gasteiger partial charge in [0.1, 0.15) is 0 Å². The normalized spacial score (nSPS) is 24.0. The van der Waals surface area contributed by atoms with Crippen LogP contribution < -0.4 is 5.73 Å². The van der Waals surface area contributed by atoms with Gasteiger partial charge in [-0.2, -0.15) is 0 Å². The fourth-order valence-corrected chi connectivity index (χ4v) is 2.50. The summed E-state index contributed by atoms with van der Waals surface area (Å²) in [5, 5.41) is 0. The first-order valence-electron chi connectivity index (χ1n) is 5.84. The average Bonchev–Trinajstić information content (AvgIpc) is 2.75. The van der Waals surface area contributed by atoms with Crippen molar-refractivity contribution in [3.05, 3.63) is 22.6 Å². The van der Waals surface area contributed by atoms with Crippen LogP contribution >= 0.6 is 15.9 Å². The van der Waals surface area contributed by atoms with Crippen LogP contribution in [0.5, 0.6) is 0 Å². The zero-order chi connectivity index (χ0) is 13.3. The molecule has 1 fully saturated rings. The first kappa shape index (κ1) is 13.1. The molecule has 0 bridgehead atoms. The highest BCUT2D eigenvalue weighted by Gasteiger charge is 2.33. The van der Waals surface area contributed by atoms with Crippen LogP contribution in [-0.4, -0.2) is 29.3 Å². The van der Waals surface area contributed by atoms with Gasteiger partial charge < -0.3 is 15.1 Å². The molecule has 2 N–H and O–H groups in total.